The summed E-state index contributed by atoms with van der Waals surface area (Å²) in [5.74, 6) is -4.50. The van der Waals surface area contributed by atoms with Gasteiger partial charge in [-0.25, -0.2) is 14.4 Å². The first kappa shape index (κ1) is 17.0. The van der Waals surface area contributed by atoms with Crippen LogP contribution in [0, 0.1) is 0 Å². The zero-order chi connectivity index (χ0) is 18.8. The molecule has 0 atom stereocenters. The van der Waals surface area contributed by atoms with Gasteiger partial charge in [0.1, 0.15) is 22.6 Å². The van der Waals surface area contributed by atoms with Gasteiger partial charge in [-0.15, -0.1) is 0 Å². The molecule has 3 N–H and O–H groups in total. The molecular formula is C19H12O7. The van der Waals surface area contributed by atoms with Crippen molar-refractivity contribution in [3.8, 4) is 11.5 Å². The molecule has 0 aliphatic rings. The normalized spacial score (nSPS) is 10.5. The number of hydrogen-bond donors (Lipinski definition) is 3. The van der Waals surface area contributed by atoms with Crippen molar-refractivity contribution in [1.29, 1.82) is 0 Å². The summed E-state index contributed by atoms with van der Waals surface area (Å²) in [5.41, 5.74) is -1.14. The van der Waals surface area contributed by atoms with Gasteiger partial charge in [-0.1, -0.05) is 36.4 Å². The Balaban J connectivity index is 2.20. The van der Waals surface area contributed by atoms with Crippen molar-refractivity contribution in [2.75, 3.05) is 0 Å². The van der Waals surface area contributed by atoms with Crippen LogP contribution in [0.2, 0.25) is 0 Å². The van der Waals surface area contributed by atoms with Crippen LogP contribution in [0.15, 0.2) is 54.6 Å². The van der Waals surface area contributed by atoms with Crippen molar-refractivity contribution < 1.29 is 34.4 Å². The fourth-order valence-corrected chi connectivity index (χ4v) is 2.69. The van der Waals surface area contributed by atoms with Gasteiger partial charge in [0, 0.05) is 0 Å². The van der Waals surface area contributed by atoms with Crippen LogP contribution in [0.25, 0.3) is 10.8 Å². The van der Waals surface area contributed by atoms with E-state index < -0.39 is 29.0 Å². The molecule has 3 rings (SSSR count). The van der Waals surface area contributed by atoms with Gasteiger partial charge in [-0.3, -0.25) is 0 Å². The van der Waals surface area contributed by atoms with E-state index in [1.165, 1.54) is 18.2 Å². The molecule has 130 valence electrons. The van der Waals surface area contributed by atoms with E-state index in [1.54, 1.807) is 30.3 Å². The van der Waals surface area contributed by atoms with Crippen LogP contribution in [0.5, 0.6) is 11.5 Å². The molecule has 0 aliphatic carbocycles. The number of ether oxygens (including phenoxy) is 1. The first-order valence-electron chi connectivity index (χ1n) is 7.42. The first-order valence-corrected chi connectivity index (χ1v) is 7.42. The molecule has 0 aromatic heterocycles. The third-order valence-electron chi connectivity index (χ3n) is 3.80. The fourth-order valence-electron chi connectivity index (χ4n) is 2.69. The van der Waals surface area contributed by atoms with E-state index in [0.717, 1.165) is 6.07 Å². The van der Waals surface area contributed by atoms with Crippen LogP contribution in [-0.4, -0.2) is 33.2 Å². The number of benzene rings is 3. The quantitative estimate of drug-likeness (QED) is 0.639. The predicted octanol–water partition coefficient (Wildman–Crippen LogP) is 3.73. The molecule has 0 radical (unpaired) electrons. The lowest BCUT2D eigenvalue weighted by atomic mass is 10.0. The number of fused-ring (bicyclic) bond motifs is 1. The van der Waals surface area contributed by atoms with E-state index in [1.807, 2.05) is 0 Å². The van der Waals surface area contributed by atoms with E-state index in [0.29, 0.717) is 10.8 Å². The Morgan fingerprint density at radius 2 is 1.31 bits per heavy atom. The lowest BCUT2D eigenvalue weighted by Crippen LogP contribution is -2.10. The Hall–Kier alpha value is -3.87. The van der Waals surface area contributed by atoms with Gasteiger partial charge in [0.15, 0.2) is 0 Å². The maximum Gasteiger partial charge on any atom is 0.340 e. The molecule has 7 nitrogen and oxygen atoms in total. The third kappa shape index (κ3) is 2.93. The lowest BCUT2D eigenvalue weighted by molar-refractivity contribution is 0.0648. The Kier molecular flexibility index (Phi) is 4.28. The average molecular weight is 352 g/mol. The van der Waals surface area contributed by atoms with Crippen LogP contribution in [0.4, 0.5) is 0 Å². The highest BCUT2D eigenvalue weighted by atomic mass is 16.5. The molecule has 0 unspecified atom stereocenters. The molecule has 0 saturated carbocycles. The number of carboxylic acids is 3. The van der Waals surface area contributed by atoms with E-state index in [2.05, 4.69) is 0 Å². The van der Waals surface area contributed by atoms with Gasteiger partial charge < -0.3 is 20.1 Å². The number of hydrogen-bond acceptors (Lipinski definition) is 4. The molecule has 0 aliphatic heterocycles. The minimum Gasteiger partial charge on any atom is -0.478 e. The molecule has 26 heavy (non-hydrogen) atoms. The topological polar surface area (TPSA) is 121 Å². The molecule has 0 spiro atoms. The molecule has 3 aromatic carbocycles. The minimum atomic E-state index is -1.49. The largest absolute Gasteiger partial charge is 0.478 e. The maximum atomic E-state index is 11.7. The summed E-state index contributed by atoms with van der Waals surface area (Å²) >= 11 is 0. The molecule has 0 amide bonds. The first-order chi connectivity index (χ1) is 12.4. The summed E-state index contributed by atoms with van der Waals surface area (Å²) in [6, 6.07) is 13.6. The van der Waals surface area contributed by atoms with Crippen molar-refractivity contribution in [3.63, 3.8) is 0 Å². The molecule has 3 aromatic rings. The van der Waals surface area contributed by atoms with Crippen molar-refractivity contribution in [1.82, 2.24) is 0 Å². The van der Waals surface area contributed by atoms with Gasteiger partial charge in [0.25, 0.3) is 0 Å². The van der Waals surface area contributed by atoms with Crippen LogP contribution in [-0.2, 0) is 0 Å². The molecule has 0 saturated heterocycles. The summed E-state index contributed by atoms with van der Waals surface area (Å²) in [6.45, 7) is 0. The predicted molar refractivity (Wildman–Crippen MR) is 91.3 cm³/mol. The molecule has 0 fully saturated rings. The van der Waals surface area contributed by atoms with Crippen molar-refractivity contribution in [2.24, 2.45) is 0 Å². The second-order valence-electron chi connectivity index (χ2n) is 5.36. The second kappa shape index (κ2) is 6.56. The SMILES string of the molecule is O=C(O)c1cccc(Oc2ccc3ccccc3c2C(=O)O)c1C(=O)O. The Labute approximate surface area is 146 Å². The van der Waals surface area contributed by atoms with E-state index in [-0.39, 0.29) is 17.1 Å². The number of carboxylic acid groups (broad SMARTS) is 3. The minimum absolute atomic E-state index is 0.0822. The zero-order valence-corrected chi connectivity index (χ0v) is 13.2. The summed E-state index contributed by atoms with van der Waals surface area (Å²) in [7, 11) is 0. The Bertz CT molecular complexity index is 1050. The Morgan fingerprint density at radius 3 is 1.96 bits per heavy atom. The molecule has 0 bridgehead atoms. The highest BCUT2D eigenvalue weighted by Gasteiger charge is 2.23. The highest BCUT2D eigenvalue weighted by Crippen LogP contribution is 2.34. The van der Waals surface area contributed by atoms with Crippen LogP contribution in [0.3, 0.4) is 0 Å². The molecule has 0 heterocycles. The number of rotatable bonds is 5. The van der Waals surface area contributed by atoms with Gasteiger partial charge >= 0.3 is 17.9 Å². The summed E-state index contributed by atoms with van der Waals surface area (Å²) in [4.78, 5) is 34.5. The summed E-state index contributed by atoms with van der Waals surface area (Å²) < 4.78 is 5.54. The third-order valence-corrected chi connectivity index (χ3v) is 3.80. The van der Waals surface area contributed by atoms with Crippen LogP contribution < -0.4 is 4.74 Å². The standard InChI is InChI=1S/C19H12O7/c20-17(21)12-6-3-7-13(16(12)19(24)25)26-14-9-8-10-4-1-2-5-11(10)15(14)18(22)23/h1-9H,(H,20,21)(H,22,23)(H,24,25). The summed E-state index contributed by atoms with van der Waals surface area (Å²) in [6.07, 6.45) is 0. The van der Waals surface area contributed by atoms with E-state index in [4.69, 9.17) is 4.74 Å². The second-order valence-corrected chi connectivity index (χ2v) is 5.36. The highest BCUT2D eigenvalue weighted by molar-refractivity contribution is 6.07. The van der Waals surface area contributed by atoms with Crippen LogP contribution >= 0.6 is 0 Å². The Morgan fingerprint density at radius 1 is 0.654 bits per heavy atom. The van der Waals surface area contributed by atoms with Gasteiger partial charge in [-0.05, 0) is 29.0 Å². The smallest absolute Gasteiger partial charge is 0.340 e. The van der Waals surface area contributed by atoms with Crippen molar-refractivity contribution >= 4 is 28.7 Å². The number of aromatic carboxylic acids is 3. The van der Waals surface area contributed by atoms with Gasteiger partial charge in [0.05, 0.1) is 5.56 Å². The monoisotopic (exact) mass is 352 g/mol. The van der Waals surface area contributed by atoms with E-state index in [9.17, 15) is 29.7 Å². The maximum absolute atomic E-state index is 11.7. The van der Waals surface area contributed by atoms with Crippen LogP contribution in [0.1, 0.15) is 31.1 Å². The summed E-state index contributed by atoms with van der Waals surface area (Å²) in [5, 5.41) is 29.2. The van der Waals surface area contributed by atoms with Gasteiger partial charge in [-0.2, -0.15) is 0 Å². The fraction of sp³-hybridized carbons (Fsp3) is 0. The van der Waals surface area contributed by atoms with E-state index >= 15 is 0 Å². The average Bonchev–Trinajstić information content (AvgIpc) is 2.60. The van der Waals surface area contributed by atoms with Crippen molar-refractivity contribution in [3.05, 3.63) is 71.3 Å². The van der Waals surface area contributed by atoms with Crippen molar-refractivity contribution in [2.45, 2.75) is 0 Å². The molecular weight excluding hydrogens is 340 g/mol. The van der Waals surface area contributed by atoms with Gasteiger partial charge in [0.2, 0.25) is 0 Å². The lowest BCUT2D eigenvalue weighted by Gasteiger charge is -2.14. The molecule has 7 heteroatoms. The zero-order valence-electron chi connectivity index (χ0n) is 13.2. The number of carbonyl (C=O) groups is 3.